The first-order chi connectivity index (χ1) is 7.79. The summed E-state index contributed by atoms with van der Waals surface area (Å²) in [6.45, 7) is 2.36. The van der Waals surface area contributed by atoms with Crippen molar-refractivity contribution in [3.63, 3.8) is 0 Å². The molecule has 2 heterocycles. The summed E-state index contributed by atoms with van der Waals surface area (Å²) in [5, 5.41) is 11.9. The molecule has 1 aliphatic heterocycles. The Morgan fingerprint density at radius 1 is 1.56 bits per heavy atom. The van der Waals surface area contributed by atoms with Crippen LogP contribution in [0.5, 0.6) is 0 Å². The Balaban J connectivity index is 1.94. The van der Waals surface area contributed by atoms with Crippen LogP contribution in [0.4, 0.5) is 0 Å². The summed E-state index contributed by atoms with van der Waals surface area (Å²) in [4.78, 5) is 7.02. The normalized spacial score (nSPS) is 18.5. The zero-order chi connectivity index (χ0) is 11.4. The zero-order valence-electron chi connectivity index (χ0n) is 9.65. The van der Waals surface area contributed by atoms with E-state index in [0.29, 0.717) is 12.3 Å². The van der Waals surface area contributed by atoms with Crippen LogP contribution in [0.15, 0.2) is 5.38 Å². The number of aryl methyl sites for hydroxylation is 1. The molecule has 0 saturated carbocycles. The van der Waals surface area contributed by atoms with Gasteiger partial charge in [-0.15, -0.1) is 11.3 Å². The summed E-state index contributed by atoms with van der Waals surface area (Å²) >= 11 is 1.77. The van der Waals surface area contributed by atoms with Gasteiger partial charge >= 0.3 is 0 Å². The lowest BCUT2D eigenvalue weighted by Crippen LogP contribution is -2.29. The Labute approximate surface area is 101 Å². The van der Waals surface area contributed by atoms with Gasteiger partial charge in [0.1, 0.15) is 0 Å². The lowest BCUT2D eigenvalue weighted by atomic mass is 9.98. The van der Waals surface area contributed by atoms with Gasteiger partial charge in [-0.05, 0) is 33.0 Å². The number of nitriles is 1. The average molecular weight is 235 g/mol. The number of aromatic nitrogens is 1. The summed E-state index contributed by atoms with van der Waals surface area (Å²) < 4.78 is 0. The van der Waals surface area contributed by atoms with Crippen LogP contribution in [-0.2, 0) is 6.42 Å². The Morgan fingerprint density at radius 3 is 3.00 bits per heavy atom. The van der Waals surface area contributed by atoms with Crippen molar-refractivity contribution in [2.24, 2.45) is 0 Å². The maximum Gasteiger partial charge on any atom is 0.0960 e. The number of hydrogen-bond acceptors (Lipinski definition) is 4. The molecule has 4 heteroatoms. The van der Waals surface area contributed by atoms with Crippen molar-refractivity contribution in [1.82, 2.24) is 9.88 Å². The number of piperidine rings is 1. The van der Waals surface area contributed by atoms with Crippen molar-refractivity contribution < 1.29 is 0 Å². The molecule has 0 spiro atoms. The smallest absolute Gasteiger partial charge is 0.0960 e. The van der Waals surface area contributed by atoms with Gasteiger partial charge in [0.15, 0.2) is 0 Å². The zero-order valence-corrected chi connectivity index (χ0v) is 10.5. The van der Waals surface area contributed by atoms with Crippen molar-refractivity contribution in [3.8, 4) is 6.07 Å². The molecule has 0 atom stereocenters. The van der Waals surface area contributed by atoms with E-state index in [1.54, 1.807) is 11.3 Å². The van der Waals surface area contributed by atoms with Gasteiger partial charge < -0.3 is 4.90 Å². The van der Waals surface area contributed by atoms with Gasteiger partial charge in [0.2, 0.25) is 0 Å². The van der Waals surface area contributed by atoms with E-state index in [9.17, 15) is 0 Å². The van der Waals surface area contributed by atoms with Crippen LogP contribution in [0, 0.1) is 11.3 Å². The van der Waals surface area contributed by atoms with Crippen LogP contribution in [-0.4, -0.2) is 30.0 Å². The Bertz CT molecular complexity index is 372. The van der Waals surface area contributed by atoms with E-state index < -0.39 is 0 Å². The molecule has 0 amide bonds. The minimum atomic E-state index is 0.580. The molecule has 3 nitrogen and oxygen atoms in total. The summed E-state index contributed by atoms with van der Waals surface area (Å²) in [5.74, 6) is 0.650. The number of hydrogen-bond donors (Lipinski definition) is 0. The highest BCUT2D eigenvalue weighted by Gasteiger charge is 2.20. The molecule has 86 valence electrons. The van der Waals surface area contributed by atoms with Crippen molar-refractivity contribution in [2.75, 3.05) is 20.1 Å². The van der Waals surface area contributed by atoms with Gasteiger partial charge in [-0.3, -0.25) is 0 Å². The molecule has 0 aromatic carbocycles. The molecule has 1 saturated heterocycles. The number of nitrogens with zero attached hydrogens (tertiary/aromatic N) is 3. The minimum Gasteiger partial charge on any atom is -0.306 e. The molecule has 1 fully saturated rings. The first kappa shape index (κ1) is 11.6. The second-order valence-corrected chi connectivity index (χ2v) is 5.30. The highest BCUT2D eigenvalue weighted by Crippen LogP contribution is 2.29. The van der Waals surface area contributed by atoms with Crippen molar-refractivity contribution in [1.29, 1.82) is 5.26 Å². The third kappa shape index (κ3) is 2.81. The molecular weight excluding hydrogens is 218 g/mol. The predicted octanol–water partition coefficient (Wildman–Crippen LogP) is 2.41. The summed E-state index contributed by atoms with van der Waals surface area (Å²) in [5.41, 5.74) is 1.10. The van der Waals surface area contributed by atoms with E-state index in [-0.39, 0.29) is 0 Å². The SMILES string of the molecule is CN1CCC(c2nc(CCC#N)cs2)CC1. The highest BCUT2D eigenvalue weighted by molar-refractivity contribution is 7.09. The van der Waals surface area contributed by atoms with E-state index in [2.05, 4.69) is 28.4 Å². The van der Waals surface area contributed by atoms with Crippen LogP contribution in [0.3, 0.4) is 0 Å². The van der Waals surface area contributed by atoms with Crippen LogP contribution < -0.4 is 0 Å². The lowest BCUT2D eigenvalue weighted by Gasteiger charge is -2.27. The van der Waals surface area contributed by atoms with Gasteiger partial charge in [-0.25, -0.2) is 4.98 Å². The Morgan fingerprint density at radius 2 is 2.31 bits per heavy atom. The fourth-order valence-electron chi connectivity index (χ4n) is 2.06. The topological polar surface area (TPSA) is 39.9 Å². The maximum atomic E-state index is 8.53. The molecule has 0 bridgehead atoms. The van der Waals surface area contributed by atoms with Gasteiger partial charge in [0.25, 0.3) is 0 Å². The van der Waals surface area contributed by atoms with Crippen molar-refractivity contribution >= 4 is 11.3 Å². The molecular formula is C12H17N3S. The fraction of sp³-hybridized carbons (Fsp3) is 0.667. The van der Waals surface area contributed by atoms with E-state index in [4.69, 9.17) is 5.26 Å². The third-order valence-electron chi connectivity index (χ3n) is 3.13. The summed E-state index contributed by atoms with van der Waals surface area (Å²) in [7, 11) is 2.18. The van der Waals surface area contributed by atoms with Gasteiger partial charge in [-0.2, -0.15) is 5.26 Å². The summed E-state index contributed by atoms with van der Waals surface area (Å²) in [6.07, 6.45) is 3.83. The van der Waals surface area contributed by atoms with Crippen LogP contribution in [0.2, 0.25) is 0 Å². The van der Waals surface area contributed by atoms with Crippen molar-refractivity contribution in [2.45, 2.75) is 31.6 Å². The van der Waals surface area contributed by atoms with E-state index in [1.807, 2.05) is 0 Å². The monoisotopic (exact) mass is 235 g/mol. The highest BCUT2D eigenvalue weighted by atomic mass is 32.1. The van der Waals surface area contributed by atoms with E-state index in [1.165, 1.54) is 30.9 Å². The van der Waals surface area contributed by atoms with E-state index >= 15 is 0 Å². The number of likely N-dealkylation sites (tertiary alicyclic amines) is 1. The second-order valence-electron chi connectivity index (χ2n) is 4.41. The first-order valence-corrected chi connectivity index (χ1v) is 6.67. The molecule has 0 aliphatic carbocycles. The molecule has 0 unspecified atom stereocenters. The molecule has 2 rings (SSSR count). The standard InChI is InChI=1S/C12H17N3S/c1-15-7-4-10(5-8-15)12-14-11(9-16-12)3-2-6-13/h9-10H,2-5,7-8H2,1H3. The summed E-state index contributed by atoms with van der Waals surface area (Å²) in [6, 6.07) is 2.17. The largest absolute Gasteiger partial charge is 0.306 e. The Kier molecular flexibility index (Phi) is 3.92. The predicted molar refractivity (Wildman–Crippen MR) is 65.5 cm³/mol. The van der Waals surface area contributed by atoms with Gasteiger partial charge in [0, 0.05) is 24.1 Å². The molecule has 1 aromatic heterocycles. The van der Waals surface area contributed by atoms with Crippen LogP contribution >= 0.6 is 11.3 Å². The number of rotatable bonds is 3. The number of thiazole rings is 1. The van der Waals surface area contributed by atoms with Crippen LogP contribution in [0.25, 0.3) is 0 Å². The first-order valence-electron chi connectivity index (χ1n) is 5.79. The molecule has 0 N–H and O–H groups in total. The molecule has 1 aliphatic rings. The quantitative estimate of drug-likeness (QED) is 0.807. The fourth-order valence-corrected chi connectivity index (χ4v) is 3.09. The Hall–Kier alpha value is -0.920. The van der Waals surface area contributed by atoms with E-state index in [0.717, 1.165) is 12.1 Å². The average Bonchev–Trinajstić information content (AvgIpc) is 2.76. The minimum absolute atomic E-state index is 0.580. The second kappa shape index (κ2) is 5.42. The lowest BCUT2D eigenvalue weighted by molar-refractivity contribution is 0.255. The van der Waals surface area contributed by atoms with Crippen LogP contribution in [0.1, 0.15) is 35.9 Å². The van der Waals surface area contributed by atoms with Crippen molar-refractivity contribution in [3.05, 3.63) is 16.1 Å². The van der Waals surface area contributed by atoms with Gasteiger partial charge in [0.05, 0.1) is 16.8 Å². The molecule has 16 heavy (non-hydrogen) atoms. The molecule has 0 radical (unpaired) electrons. The maximum absolute atomic E-state index is 8.53. The van der Waals surface area contributed by atoms with Gasteiger partial charge in [-0.1, -0.05) is 0 Å². The third-order valence-corrected chi connectivity index (χ3v) is 4.19. The molecule has 1 aromatic rings.